The molecule has 1 aliphatic heterocycles. The summed E-state index contributed by atoms with van der Waals surface area (Å²) >= 11 is 0. The van der Waals surface area contributed by atoms with Gasteiger partial charge in [-0.25, -0.2) is 15.0 Å². The van der Waals surface area contributed by atoms with Crippen LogP contribution in [0.2, 0.25) is 0 Å². The Balaban J connectivity index is 1.17. The van der Waals surface area contributed by atoms with Gasteiger partial charge in [0.15, 0.2) is 11.4 Å². The summed E-state index contributed by atoms with van der Waals surface area (Å²) in [7, 11) is -1.47. The van der Waals surface area contributed by atoms with Crippen molar-refractivity contribution in [1.82, 2.24) is 15.0 Å². The largest absolute Gasteiger partial charge is 0.435 e. The summed E-state index contributed by atoms with van der Waals surface area (Å²) in [6.45, 7) is 0. The highest BCUT2D eigenvalue weighted by Crippen LogP contribution is 2.74. The lowest BCUT2D eigenvalue weighted by Gasteiger charge is -2.34. The molecule has 0 saturated carbocycles. The Morgan fingerprint density at radius 3 is 1.61 bits per heavy atom. The Kier molecular flexibility index (Phi) is 8.31. The molecule has 2 aromatic heterocycles. The van der Waals surface area contributed by atoms with E-state index in [1.165, 1.54) is 43.2 Å². The molecule has 0 unspecified atom stereocenters. The topological polar surface area (TPSA) is 51.8 Å². The van der Waals surface area contributed by atoms with E-state index in [1.54, 1.807) is 0 Å². The predicted octanol–water partition coefficient (Wildman–Crippen LogP) is 13.3. The van der Waals surface area contributed by atoms with Gasteiger partial charge < -0.3 is 4.42 Å². The highest BCUT2D eigenvalue weighted by molar-refractivity contribution is 8.47. The first kappa shape index (κ1) is 33.7. The second-order valence-corrected chi connectivity index (χ2v) is 17.9. The zero-order chi connectivity index (χ0) is 37.6. The van der Waals surface area contributed by atoms with Crippen LogP contribution >= 0.6 is 10.0 Å². The summed E-state index contributed by atoms with van der Waals surface area (Å²) in [6, 6.07) is 66.1. The summed E-state index contributed by atoms with van der Waals surface area (Å²) < 4.78 is 6.27. The normalized spacial score (nSPS) is 14.5. The van der Waals surface area contributed by atoms with Gasteiger partial charge in [0.1, 0.15) is 11.2 Å². The van der Waals surface area contributed by atoms with E-state index in [1.807, 2.05) is 30.3 Å². The maximum absolute atomic E-state index is 6.27. The number of fused-ring (bicyclic) bond motifs is 2. The maximum atomic E-state index is 6.27. The van der Waals surface area contributed by atoms with Crippen molar-refractivity contribution >= 4 is 52.9 Å². The highest BCUT2D eigenvalue weighted by Gasteiger charge is 2.39. The quantitative estimate of drug-likeness (QED) is 0.163. The fourth-order valence-electron chi connectivity index (χ4n) is 8.09. The van der Waals surface area contributed by atoms with Gasteiger partial charge >= 0.3 is 0 Å². The minimum atomic E-state index is -1.47. The lowest BCUT2D eigenvalue weighted by Crippen LogP contribution is -1.99. The Bertz CT molecular complexity index is 2930. The van der Waals surface area contributed by atoms with Crippen LogP contribution in [-0.2, 0) is 0 Å². The summed E-state index contributed by atoms with van der Waals surface area (Å²) in [4.78, 5) is 17.9. The molecule has 0 aliphatic carbocycles. The Morgan fingerprint density at radius 2 is 0.946 bits per heavy atom. The molecule has 0 amide bonds. The summed E-state index contributed by atoms with van der Waals surface area (Å²) in [5.74, 6) is 1.09. The van der Waals surface area contributed by atoms with Crippen molar-refractivity contribution in [2.24, 2.45) is 0 Å². The first-order chi connectivity index (χ1) is 27.5. The Morgan fingerprint density at radius 1 is 0.429 bits per heavy atom. The number of nitrogens with zero attached hydrogens (tertiary/aromatic N) is 3. The number of rotatable bonds is 7. The number of oxazole rings is 1. The van der Waals surface area contributed by atoms with E-state index in [9.17, 15) is 0 Å². The van der Waals surface area contributed by atoms with Gasteiger partial charge in [-0.1, -0.05) is 170 Å². The number of hydrogen-bond donors (Lipinski definition) is 0. The van der Waals surface area contributed by atoms with Crippen LogP contribution in [-0.4, -0.2) is 27.5 Å². The third-order valence-electron chi connectivity index (χ3n) is 10.6. The van der Waals surface area contributed by atoms with Crippen molar-refractivity contribution in [3.8, 4) is 34.2 Å². The number of para-hydroxylation sites is 2. The van der Waals surface area contributed by atoms with E-state index < -0.39 is 10.0 Å². The van der Waals surface area contributed by atoms with Crippen LogP contribution in [0.1, 0.15) is 22.3 Å². The smallest absolute Gasteiger partial charge is 0.246 e. The second kappa shape index (κ2) is 13.8. The van der Waals surface area contributed by atoms with Crippen molar-refractivity contribution in [3.63, 3.8) is 0 Å². The van der Waals surface area contributed by atoms with Crippen LogP contribution in [0, 0.1) is 0 Å². The molecule has 9 aromatic rings. The first-order valence-corrected chi connectivity index (χ1v) is 21.2. The molecule has 0 saturated heterocycles. The van der Waals surface area contributed by atoms with Crippen LogP contribution in [0.3, 0.4) is 0 Å². The molecule has 1 aliphatic rings. The van der Waals surface area contributed by atoms with Crippen molar-refractivity contribution in [1.29, 1.82) is 0 Å². The predicted molar refractivity (Wildman–Crippen MR) is 236 cm³/mol. The van der Waals surface area contributed by atoms with Gasteiger partial charge in [0.05, 0.1) is 5.69 Å². The van der Waals surface area contributed by atoms with E-state index in [4.69, 9.17) is 19.4 Å². The van der Waals surface area contributed by atoms with Crippen LogP contribution in [0.25, 0.3) is 77.1 Å². The third-order valence-corrected chi connectivity index (χ3v) is 13.5. The van der Waals surface area contributed by atoms with E-state index in [2.05, 4.69) is 170 Å². The molecule has 0 fully saturated rings. The lowest BCUT2D eigenvalue weighted by molar-refractivity contribution is 0.616. The maximum Gasteiger partial charge on any atom is 0.246 e. The zero-order valence-corrected chi connectivity index (χ0v) is 31.9. The lowest BCUT2D eigenvalue weighted by atomic mass is 9.89. The third kappa shape index (κ3) is 5.85. The van der Waals surface area contributed by atoms with Crippen LogP contribution < -0.4 is 0 Å². The SMILES string of the molecule is CS1(C)C(c2ccccc2)=C(c2ccccc2)C(c2ccc(-c3cc(-c4nc5ccccc5o4)nc(-c4cccc5ccccc45)n3)cc2)=C1c1ccccc1. The fourth-order valence-corrected chi connectivity index (χ4v) is 11.2. The molecule has 0 N–H and O–H groups in total. The van der Waals surface area contributed by atoms with Crippen LogP contribution in [0.15, 0.2) is 192 Å². The molecule has 0 spiro atoms. The van der Waals surface area contributed by atoms with E-state index >= 15 is 0 Å². The second-order valence-electron chi connectivity index (χ2n) is 14.4. The molecule has 5 heteroatoms. The Hall–Kier alpha value is -6.82. The molecule has 7 aromatic carbocycles. The highest BCUT2D eigenvalue weighted by atomic mass is 32.3. The fraction of sp³-hybridized carbons (Fsp3) is 0.0392. The molecular formula is C51H37N3OS. The standard InChI is InChI=1S/C51H37N3OS/c1-56(2)48(38-20-8-4-9-21-38)46(36-18-6-3-7-19-36)47(49(56)39-22-10-5-11-23-39)37-31-29-35(30-32-37)43-33-44(51-54-42-27-14-15-28-45(42)55-51)53-50(52-43)41-26-16-24-34-17-12-13-25-40(34)41/h3-33H,1-2H3. The van der Waals surface area contributed by atoms with Crippen LogP contribution in [0.5, 0.6) is 0 Å². The number of benzene rings is 7. The monoisotopic (exact) mass is 739 g/mol. The summed E-state index contributed by atoms with van der Waals surface area (Å²) in [6.07, 6.45) is 4.90. The average molecular weight is 740 g/mol. The number of allylic oxidation sites excluding steroid dienone is 2. The number of hydrogen-bond acceptors (Lipinski definition) is 4. The molecular weight excluding hydrogens is 703 g/mol. The van der Waals surface area contributed by atoms with Gasteiger partial charge in [-0.05, 0) is 63.7 Å². The molecule has 268 valence electrons. The van der Waals surface area contributed by atoms with E-state index in [-0.39, 0.29) is 0 Å². The van der Waals surface area contributed by atoms with Crippen LogP contribution in [0.4, 0.5) is 0 Å². The van der Waals surface area contributed by atoms with Crippen molar-refractivity contribution in [3.05, 3.63) is 210 Å². The van der Waals surface area contributed by atoms with Gasteiger partial charge in [0, 0.05) is 32.1 Å². The van der Waals surface area contributed by atoms with Crippen molar-refractivity contribution < 1.29 is 4.42 Å². The van der Waals surface area contributed by atoms with Gasteiger partial charge in [-0.2, -0.15) is 10.0 Å². The van der Waals surface area contributed by atoms with Gasteiger partial charge in [-0.15, -0.1) is 0 Å². The minimum absolute atomic E-state index is 0.466. The molecule has 0 radical (unpaired) electrons. The molecule has 56 heavy (non-hydrogen) atoms. The summed E-state index contributed by atoms with van der Waals surface area (Å²) in [5.41, 5.74) is 12.4. The van der Waals surface area contributed by atoms with Gasteiger partial charge in [0.2, 0.25) is 5.89 Å². The van der Waals surface area contributed by atoms with Gasteiger partial charge in [-0.3, -0.25) is 0 Å². The average Bonchev–Trinajstić information content (AvgIpc) is 3.80. The van der Waals surface area contributed by atoms with Crippen molar-refractivity contribution in [2.75, 3.05) is 12.5 Å². The van der Waals surface area contributed by atoms with Gasteiger partial charge in [0.25, 0.3) is 0 Å². The molecule has 0 atom stereocenters. The zero-order valence-electron chi connectivity index (χ0n) is 31.1. The Labute approximate surface area is 327 Å². The van der Waals surface area contributed by atoms with Crippen molar-refractivity contribution in [2.45, 2.75) is 0 Å². The minimum Gasteiger partial charge on any atom is -0.435 e. The molecule has 4 nitrogen and oxygen atoms in total. The molecule has 10 rings (SSSR count). The molecule has 0 bridgehead atoms. The molecule has 3 heterocycles. The number of aromatic nitrogens is 3. The first-order valence-electron chi connectivity index (χ1n) is 18.8. The van der Waals surface area contributed by atoms with E-state index in [0.717, 1.165) is 38.7 Å². The summed E-state index contributed by atoms with van der Waals surface area (Å²) in [5, 5.41) is 2.22. The van der Waals surface area contributed by atoms with E-state index in [0.29, 0.717) is 17.4 Å².